The van der Waals surface area contributed by atoms with E-state index in [9.17, 15) is 13.2 Å². The van der Waals surface area contributed by atoms with E-state index in [2.05, 4.69) is 10.2 Å². The van der Waals surface area contributed by atoms with Crippen molar-refractivity contribution in [3.8, 4) is 0 Å². The van der Waals surface area contributed by atoms with Gasteiger partial charge in [0.05, 0.1) is 19.4 Å². The van der Waals surface area contributed by atoms with Crippen LogP contribution in [0.5, 0.6) is 0 Å². The summed E-state index contributed by atoms with van der Waals surface area (Å²) >= 11 is 0. The van der Waals surface area contributed by atoms with Crippen LogP contribution in [0, 0.1) is 0 Å². The fraction of sp³-hybridized carbons (Fsp3) is 0.636. The Morgan fingerprint density at radius 3 is 2.75 bits per heavy atom. The molecule has 1 aromatic rings. The van der Waals surface area contributed by atoms with Gasteiger partial charge >= 0.3 is 5.97 Å². The van der Waals surface area contributed by atoms with Gasteiger partial charge in [0, 0.05) is 20.2 Å². The first kappa shape index (κ1) is 16.6. The summed E-state index contributed by atoms with van der Waals surface area (Å²) in [5, 5.41) is 5.68. The highest BCUT2D eigenvalue weighted by molar-refractivity contribution is 7.89. The van der Waals surface area contributed by atoms with Crippen LogP contribution >= 0.6 is 0 Å². The molecule has 0 aliphatic carbocycles. The van der Waals surface area contributed by atoms with E-state index in [4.69, 9.17) is 9.47 Å². The Morgan fingerprint density at radius 1 is 1.55 bits per heavy atom. The van der Waals surface area contributed by atoms with E-state index in [1.165, 1.54) is 14.2 Å². The van der Waals surface area contributed by atoms with Crippen molar-refractivity contribution in [3.05, 3.63) is 11.8 Å². The summed E-state index contributed by atoms with van der Waals surface area (Å²) in [5.41, 5.74) is -0.108. The largest absolute Gasteiger partial charge is 0.462 e. The topological polar surface area (TPSA) is 102 Å². The quantitative estimate of drug-likeness (QED) is 0.724. The summed E-state index contributed by atoms with van der Waals surface area (Å²) in [6, 6.07) is -0.386. The molecular formula is C11H19N3O5S. The minimum Gasteiger partial charge on any atom is -0.462 e. The fourth-order valence-corrected chi connectivity index (χ4v) is 2.96. The number of rotatable bonds is 7. The lowest BCUT2D eigenvalue weighted by Crippen LogP contribution is -2.38. The highest BCUT2D eigenvalue weighted by atomic mass is 32.2. The molecular weight excluding hydrogens is 286 g/mol. The molecule has 0 aliphatic heterocycles. The van der Waals surface area contributed by atoms with Crippen LogP contribution in [0.3, 0.4) is 0 Å². The van der Waals surface area contributed by atoms with Crippen LogP contribution in [0.25, 0.3) is 0 Å². The molecule has 9 heteroatoms. The number of aromatic nitrogens is 2. The first-order valence-electron chi connectivity index (χ1n) is 6.03. The van der Waals surface area contributed by atoms with E-state index in [1.807, 2.05) is 0 Å². The van der Waals surface area contributed by atoms with E-state index in [0.29, 0.717) is 0 Å². The van der Waals surface area contributed by atoms with Gasteiger partial charge in [0.2, 0.25) is 0 Å². The van der Waals surface area contributed by atoms with Gasteiger partial charge in [-0.15, -0.1) is 0 Å². The van der Waals surface area contributed by atoms with Gasteiger partial charge in [0.25, 0.3) is 10.0 Å². The highest BCUT2D eigenvalue weighted by Gasteiger charge is 2.32. The predicted octanol–water partition coefficient (Wildman–Crippen LogP) is 0.242. The van der Waals surface area contributed by atoms with E-state index in [1.54, 1.807) is 13.8 Å². The molecule has 0 amide bonds. The Bertz CT molecular complexity index is 554. The van der Waals surface area contributed by atoms with Crippen molar-refractivity contribution in [1.29, 1.82) is 0 Å². The van der Waals surface area contributed by atoms with E-state index in [0.717, 1.165) is 10.5 Å². The molecule has 0 bridgehead atoms. The Morgan fingerprint density at radius 2 is 2.20 bits per heavy atom. The van der Waals surface area contributed by atoms with E-state index >= 15 is 0 Å². The second-order valence-electron chi connectivity index (χ2n) is 4.16. The van der Waals surface area contributed by atoms with Gasteiger partial charge in [-0.25, -0.2) is 13.2 Å². The summed E-state index contributed by atoms with van der Waals surface area (Å²) in [4.78, 5) is 11.7. The second kappa shape index (κ2) is 6.82. The number of nitrogens with one attached hydrogen (secondary N) is 1. The minimum atomic E-state index is -3.88. The molecule has 0 spiro atoms. The molecule has 0 aliphatic rings. The molecule has 20 heavy (non-hydrogen) atoms. The first-order chi connectivity index (χ1) is 9.36. The summed E-state index contributed by atoms with van der Waals surface area (Å²) < 4.78 is 35.7. The van der Waals surface area contributed by atoms with Crippen molar-refractivity contribution in [1.82, 2.24) is 14.5 Å². The molecule has 0 aromatic carbocycles. The molecule has 8 nitrogen and oxygen atoms in total. The number of carbonyl (C=O) groups excluding carboxylic acids is 1. The number of sulfonamides is 1. The summed E-state index contributed by atoms with van der Waals surface area (Å²) in [5.74, 6) is -0.729. The van der Waals surface area contributed by atoms with Crippen LogP contribution in [0.1, 0.15) is 24.2 Å². The van der Waals surface area contributed by atoms with Gasteiger partial charge < -0.3 is 9.47 Å². The molecule has 0 fully saturated rings. The number of nitrogens with zero attached hydrogens (tertiary/aromatic N) is 2. The zero-order valence-electron chi connectivity index (χ0n) is 11.9. The molecule has 0 saturated heterocycles. The van der Waals surface area contributed by atoms with Crippen LogP contribution in [0.15, 0.2) is 11.2 Å². The maximum Gasteiger partial charge on any atom is 0.342 e. The molecule has 0 radical (unpaired) electrons. The van der Waals surface area contributed by atoms with Gasteiger partial charge in [0.1, 0.15) is 5.56 Å². The van der Waals surface area contributed by atoms with E-state index in [-0.39, 0.29) is 29.8 Å². The number of esters is 1. The van der Waals surface area contributed by atoms with E-state index < -0.39 is 16.0 Å². The average Bonchev–Trinajstić information content (AvgIpc) is 2.88. The average molecular weight is 305 g/mol. The number of hydrogen-bond acceptors (Lipinski definition) is 6. The van der Waals surface area contributed by atoms with Gasteiger partial charge in [-0.3, -0.25) is 5.10 Å². The lowest BCUT2D eigenvalue weighted by Gasteiger charge is -2.23. The van der Waals surface area contributed by atoms with Crippen LogP contribution in [-0.4, -0.2) is 62.3 Å². The standard InChI is InChI=1S/C11H19N3O5S/c1-5-19-11(15)9-6-12-13-10(9)20(16,17)14(3)8(2)7-18-4/h6,8H,5,7H2,1-4H3,(H,12,13). The SMILES string of the molecule is CCOC(=O)c1cn[nH]c1S(=O)(=O)N(C)C(C)COC. The molecule has 1 atom stereocenters. The van der Waals surface area contributed by atoms with Crippen molar-refractivity contribution >= 4 is 16.0 Å². The molecule has 1 aromatic heterocycles. The third-order valence-electron chi connectivity index (χ3n) is 2.77. The zero-order valence-corrected chi connectivity index (χ0v) is 12.7. The Hall–Kier alpha value is -1.45. The third-order valence-corrected chi connectivity index (χ3v) is 4.71. The number of ether oxygens (including phenoxy) is 2. The summed E-state index contributed by atoms with van der Waals surface area (Å²) in [6.45, 7) is 3.72. The molecule has 1 N–H and O–H groups in total. The first-order valence-corrected chi connectivity index (χ1v) is 7.47. The van der Waals surface area contributed by atoms with Crippen molar-refractivity contribution in [2.45, 2.75) is 24.9 Å². The molecule has 114 valence electrons. The molecule has 1 rings (SSSR count). The van der Waals surface area contributed by atoms with Gasteiger partial charge in [-0.1, -0.05) is 0 Å². The lowest BCUT2D eigenvalue weighted by molar-refractivity contribution is 0.0521. The molecule has 1 unspecified atom stereocenters. The van der Waals surface area contributed by atoms with Gasteiger partial charge in [-0.2, -0.15) is 9.40 Å². The van der Waals surface area contributed by atoms with Gasteiger partial charge in [0.15, 0.2) is 5.03 Å². The number of carbonyl (C=O) groups is 1. The number of H-pyrrole nitrogens is 1. The monoisotopic (exact) mass is 305 g/mol. The predicted molar refractivity (Wildman–Crippen MR) is 70.8 cm³/mol. The number of aromatic amines is 1. The lowest BCUT2D eigenvalue weighted by atomic mass is 10.4. The number of hydrogen-bond donors (Lipinski definition) is 1. The van der Waals surface area contributed by atoms with Crippen molar-refractivity contribution in [2.24, 2.45) is 0 Å². The molecule has 0 saturated carbocycles. The maximum absolute atomic E-state index is 12.4. The van der Waals surface area contributed by atoms with Crippen LogP contribution in [0.4, 0.5) is 0 Å². The Balaban J connectivity index is 3.11. The highest BCUT2D eigenvalue weighted by Crippen LogP contribution is 2.19. The number of methoxy groups -OCH3 is 1. The van der Waals surface area contributed by atoms with Gasteiger partial charge in [-0.05, 0) is 13.8 Å². The summed E-state index contributed by atoms with van der Waals surface area (Å²) in [6.07, 6.45) is 1.14. The zero-order chi connectivity index (χ0) is 15.3. The normalized spacial score (nSPS) is 13.4. The smallest absolute Gasteiger partial charge is 0.342 e. The van der Waals surface area contributed by atoms with Crippen LogP contribution < -0.4 is 0 Å². The minimum absolute atomic E-state index is 0.108. The van der Waals surface area contributed by atoms with Crippen LogP contribution in [-0.2, 0) is 19.5 Å². The second-order valence-corrected chi connectivity index (χ2v) is 6.09. The fourth-order valence-electron chi connectivity index (χ4n) is 1.55. The Labute approximate surface area is 118 Å². The van der Waals surface area contributed by atoms with Crippen molar-refractivity contribution in [3.63, 3.8) is 0 Å². The third kappa shape index (κ3) is 3.35. The number of likely N-dealkylation sites (N-methyl/N-ethyl adjacent to an activating group) is 1. The Kier molecular flexibility index (Phi) is 5.66. The maximum atomic E-state index is 12.4. The molecule has 1 heterocycles. The van der Waals surface area contributed by atoms with Crippen molar-refractivity contribution < 1.29 is 22.7 Å². The van der Waals surface area contributed by atoms with Crippen molar-refractivity contribution in [2.75, 3.05) is 27.4 Å². The summed E-state index contributed by atoms with van der Waals surface area (Å²) in [7, 11) is -0.982. The van der Waals surface area contributed by atoms with Crippen LogP contribution in [0.2, 0.25) is 0 Å².